The van der Waals surface area contributed by atoms with Crippen LogP contribution in [0.3, 0.4) is 0 Å². The van der Waals surface area contributed by atoms with Crippen LogP contribution in [0.15, 0.2) is 48.7 Å². The molecular weight excluding hydrogens is 290 g/mol. The van der Waals surface area contributed by atoms with Gasteiger partial charge in [-0.2, -0.15) is 0 Å². The molecule has 0 bridgehead atoms. The molecule has 1 N–H and O–H groups in total. The van der Waals surface area contributed by atoms with E-state index in [4.69, 9.17) is 0 Å². The lowest BCUT2D eigenvalue weighted by Crippen LogP contribution is -2.15. The zero-order valence-corrected chi connectivity index (χ0v) is 13.1. The number of methoxy groups -OCH3 is 1. The number of ether oxygens (including phenoxy) is 1. The smallest absolute Gasteiger partial charge is 0.379 e. The first kappa shape index (κ1) is 15.0. The third-order valence-electron chi connectivity index (χ3n) is 4.01. The number of carbonyl (C=O) groups excluding carboxylic acids is 2. The lowest BCUT2D eigenvalue weighted by Gasteiger charge is -2.08. The fraction of sp³-hybridized carbons (Fsp3) is 0.158. The van der Waals surface area contributed by atoms with Gasteiger partial charge in [0.25, 0.3) is 5.78 Å². The van der Waals surface area contributed by atoms with Crippen LogP contribution in [0.2, 0.25) is 0 Å². The van der Waals surface area contributed by atoms with Crippen molar-refractivity contribution in [1.29, 1.82) is 0 Å². The molecule has 0 saturated carbocycles. The van der Waals surface area contributed by atoms with E-state index in [0.29, 0.717) is 5.56 Å². The third kappa shape index (κ3) is 2.63. The van der Waals surface area contributed by atoms with Crippen LogP contribution >= 0.6 is 0 Å². The molecule has 4 heteroatoms. The number of aromatic nitrogens is 1. The monoisotopic (exact) mass is 307 g/mol. The summed E-state index contributed by atoms with van der Waals surface area (Å²) in [5.74, 6) is -1.50. The van der Waals surface area contributed by atoms with Crippen LogP contribution in [0.25, 0.3) is 22.0 Å². The van der Waals surface area contributed by atoms with Crippen molar-refractivity contribution in [3.05, 3.63) is 59.8 Å². The van der Waals surface area contributed by atoms with Gasteiger partial charge >= 0.3 is 5.97 Å². The summed E-state index contributed by atoms with van der Waals surface area (Å²) in [7, 11) is 1.21. The van der Waals surface area contributed by atoms with E-state index >= 15 is 0 Å². The zero-order chi connectivity index (χ0) is 16.4. The van der Waals surface area contributed by atoms with Crippen molar-refractivity contribution in [2.45, 2.75) is 13.3 Å². The quantitative estimate of drug-likeness (QED) is 0.453. The maximum atomic E-state index is 12.1. The SMILES string of the molecule is CCc1ccccc1-c1ccc2[nH]cc(C(=O)C(=O)OC)c2c1. The number of hydrogen-bond acceptors (Lipinski definition) is 3. The molecule has 1 heterocycles. The number of benzene rings is 2. The van der Waals surface area contributed by atoms with Gasteiger partial charge in [0.05, 0.1) is 12.7 Å². The first-order chi connectivity index (χ1) is 11.2. The van der Waals surface area contributed by atoms with Crippen molar-refractivity contribution in [3.63, 3.8) is 0 Å². The van der Waals surface area contributed by atoms with Crippen LogP contribution in [0.4, 0.5) is 0 Å². The van der Waals surface area contributed by atoms with E-state index in [1.165, 1.54) is 12.7 Å². The largest absolute Gasteiger partial charge is 0.463 e. The number of H-pyrrole nitrogens is 1. The summed E-state index contributed by atoms with van der Waals surface area (Å²) in [6, 6.07) is 14.0. The minimum absolute atomic E-state index is 0.336. The number of aromatic amines is 1. The highest BCUT2D eigenvalue weighted by Crippen LogP contribution is 2.29. The molecule has 0 amide bonds. The predicted octanol–water partition coefficient (Wildman–Crippen LogP) is 3.75. The van der Waals surface area contributed by atoms with Gasteiger partial charge in [-0.3, -0.25) is 4.79 Å². The van der Waals surface area contributed by atoms with Crippen molar-refractivity contribution in [2.24, 2.45) is 0 Å². The van der Waals surface area contributed by atoms with Gasteiger partial charge in [-0.25, -0.2) is 4.79 Å². The second kappa shape index (κ2) is 6.08. The van der Waals surface area contributed by atoms with Crippen LogP contribution < -0.4 is 0 Å². The molecule has 0 radical (unpaired) electrons. The second-order valence-corrected chi connectivity index (χ2v) is 5.29. The van der Waals surface area contributed by atoms with Crippen molar-refractivity contribution in [3.8, 4) is 11.1 Å². The minimum Gasteiger partial charge on any atom is -0.463 e. The maximum Gasteiger partial charge on any atom is 0.379 e. The van der Waals surface area contributed by atoms with E-state index in [-0.39, 0.29) is 0 Å². The first-order valence-corrected chi connectivity index (χ1v) is 7.47. The number of esters is 1. The molecule has 0 spiro atoms. The van der Waals surface area contributed by atoms with Crippen LogP contribution in [0.1, 0.15) is 22.8 Å². The molecule has 4 nitrogen and oxygen atoms in total. The van der Waals surface area contributed by atoms with Gasteiger partial charge < -0.3 is 9.72 Å². The van der Waals surface area contributed by atoms with E-state index in [1.54, 1.807) is 6.20 Å². The Kier molecular flexibility index (Phi) is 3.98. The van der Waals surface area contributed by atoms with E-state index in [9.17, 15) is 9.59 Å². The molecule has 0 fully saturated rings. The zero-order valence-electron chi connectivity index (χ0n) is 13.1. The summed E-state index contributed by atoms with van der Waals surface area (Å²) in [6.45, 7) is 2.11. The van der Waals surface area contributed by atoms with Gasteiger partial charge in [0, 0.05) is 17.1 Å². The van der Waals surface area contributed by atoms with E-state index in [2.05, 4.69) is 28.8 Å². The summed E-state index contributed by atoms with van der Waals surface area (Å²) in [5.41, 5.74) is 4.55. The number of hydrogen-bond donors (Lipinski definition) is 1. The third-order valence-corrected chi connectivity index (χ3v) is 4.01. The molecule has 0 aliphatic heterocycles. The normalized spacial score (nSPS) is 10.7. The van der Waals surface area contributed by atoms with Crippen LogP contribution in [0, 0.1) is 0 Å². The van der Waals surface area contributed by atoms with Crippen molar-refractivity contribution in [2.75, 3.05) is 7.11 Å². The van der Waals surface area contributed by atoms with E-state index < -0.39 is 11.8 Å². The lowest BCUT2D eigenvalue weighted by atomic mass is 9.96. The standard InChI is InChI=1S/C19H17NO3/c1-3-12-6-4-5-7-14(12)13-8-9-17-15(10-13)16(11-20-17)18(21)19(22)23-2/h4-11,20H,3H2,1-2H3. The summed E-state index contributed by atoms with van der Waals surface area (Å²) in [6.07, 6.45) is 2.48. The molecular formula is C19H17NO3. The Morgan fingerprint density at radius 3 is 2.65 bits per heavy atom. The topological polar surface area (TPSA) is 59.2 Å². The predicted molar refractivity (Wildman–Crippen MR) is 89.5 cm³/mol. The molecule has 0 aliphatic carbocycles. The van der Waals surface area contributed by atoms with Gasteiger partial charge in [0.1, 0.15) is 0 Å². The Balaban J connectivity index is 2.15. The molecule has 0 saturated heterocycles. The van der Waals surface area contributed by atoms with Gasteiger partial charge in [-0.15, -0.1) is 0 Å². The minimum atomic E-state index is -0.856. The molecule has 1 aromatic heterocycles. The molecule has 3 rings (SSSR count). The first-order valence-electron chi connectivity index (χ1n) is 7.47. The Morgan fingerprint density at radius 1 is 1.13 bits per heavy atom. The Hall–Kier alpha value is -2.88. The number of ketones is 1. The Morgan fingerprint density at radius 2 is 1.91 bits per heavy atom. The number of aryl methyl sites for hydroxylation is 1. The van der Waals surface area contributed by atoms with Gasteiger partial charge in [0.15, 0.2) is 0 Å². The number of Topliss-reactive ketones (excluding diaryl/α,β-unsaturated/α-hetero) is 1. The van der Waals surface area contributed by atoms with Crippen LogP contribution in [-0.2, 0) is 16.0 Å². The lowest BCUT2D eigenvalue weighted by molar-refractivity contribution is -0.135. The molecule has 0 atom stereocenters. The molecule has 3 aromatic rings. The van der Waals surface area contributed by atoms with Crippen molar-refractivity contribution < 1.29 is 14.3 Å². The number of rotatable bonds is 4. The summed E-state index contributed by atoms with van der Waals surface area (Å²) >= 11 is 0. The number of carbonyl (C=O) groups is 2. The van der Waals surface area contributed by atoms with Gasteiger partial charge in [0.2, 0.25) is 0 Å². The fourth-order valence-corrected chi connectivity index (χ4v) is 2.79. The number of fused-ring (bicyclic) bond motifs is 1. The summed E-state index contributed by atoms with van der Waals surface area (Å²) in [5, 5.41) is 0.726. The molecule has 0 unspecified atom stereocenters. The highest BCUT2D eigenvalue weighted by Gasteiger charge is 2.20. The van der Waals surface area contributed by atoms with Gasteiger partial charge in [-0.05, 0) is 35.2 Å². The molecule has 23 heavy (non-hydrogen) atoms. The second-order valence-electron chi connectivity index (χ2n) is 5.29. The van der Waals surface area contributed by atoms with Crippen LogP contribution in [0.5, 0.6) is 0 Å². The number of nitrogens with one attached hydrogen (secondary N) is 1. The highest BCUT2D eigenvalue weighted by atomic mass is 16.5. The van der Waals surface area contributed by atoms with Crippen LogP contribution in [-0.4, -0.2) is 23.8 Å². The Labute approximate surface area is 134 Å². The van der Waals surface area contributed by atoms with E-state index in [0.717, 1.165) is 28.5 Å². The molecule has 116 valence electrons. The fourth-order valence-electron chi connectivity index (χ4n) is 2.79. The van der Waals surface area contributed by atoms with Crippen molar-refractivity contribution >= 4 is 22.7 Å². The molecule has 0 aliphatic rings. The van der Waals surface area contributed by atoms with Crippen molar-refractivity contribution in [1.82, 2.24) is 4.98 Å². The average Bonchev–Trinajstić information content (AvgIpc) is 3.03. The summed E-state index contributed by atoms with van der Waals surface area (Å²) < 4.78 is 4.53. The summed E-state index contributed by atoms with van der Waals surface area (Å²) in [4.78, 5) is 26.7. The van der Waals surface area contributed by atoms with Gasteiger partial charge in [-0.1, -0.05) is 37.3 Å². The molecule has 2 aromatic carbocycles. The Bertz CT molecular complexity index is 893. The van der Waals surface area contributed by atoms with E-state index in [1.807, 2.05) is 30.3 Å². The average molecular weight is 307 g/mol. The maximum absolute atomic E-state index is 12.1. The highest BCUT2D eigenvalue weighted by molar-refractivity contribution is 6.43.